The number of para-hydroxylation sites is 3. The van der Waals surface area contributed by atoms with E-state index in [9.17, 15) is 13.2 Å². The van der Waals surface area contributed by atoms with Crippen LogP contribution in [0.15, 0.2) is 54.6 Å². The van der Waals surface area contributed by atoms with E-state index in [0.717, 1.165) is 16.7 Å². The highest BCUT2D eigenvalue weighted by atomic mass is 32.2. The maximum Gasteiger partial charge on any atom is 0.231 e. The van der Waals surface area contributed by atoms with Gasteiger partial charge in [0.05, 0.1) is 22.7 Å². The number of benzene rings is 2. The highest BCUT2D eigenvalue weighted by molar-refractivity contribution is 7.89. The molecule has 1 atom stereocenters. The third kappa shape index (κ3) is 4.11. The first-order chi connectivity index (χ1) is 14.5. The quantitative estimate of drug-likeness (QED) is 0.655. The number of imidazole rings is 1. The number of anilines is 1. The Morgan fingerprint density at radius 1 is 1.13 bits per heavy atom. The van der Waals surface area contributed by atoms with Crippen molar-refractivity contribution in [1.82, 2.24) is 13.9 Å². The first-order valence-corrected chi connectivity index (χ1v) is 11.9. The number of nitrogens with zero attached hydrogens (tertiary/aromatic N) is 3. The lowest BCUT2D eigenvalue weighted by atomic mass is 9.99. The lowest BCUT2D eigenvalue weighted by Crippen LogP contribution is -2.44. The van der Waals surface area contributed by atoms with Gasteiger partial charge in [-0.15, -0.1) is 0 Å². The summed E-state index contributed by atoms with van der Waals surface area (Å²) in [5, 5.41) is 2.96. The van der Waals surface area contributed by atoms with Gasteiger partial charge >= 0.3 is 0 Å². The lowest BCUT2D eigenvalue weighted by Gasteiger charge is -2.31. The molecule has 0 spiro atoms. The minimum Gasteiger partial charge on any atom is -0.295 e. The van der Waals surface area contributed by atoms with Gasteiger partial charge in [-0.25, -0.2) is 17.7 Å². The largest absolute Gasteiger partial charge is 0.295 e. The second kappa shape index (κ2) is 8.57. The summed E-state index contributed by atoms with van der Waals surface area (Å²) < 4.78 is 28.3. The van der Waals surface area contributed by atoms with Crippen molar-refractivity contribution in [2.75, 3.05) is 24.2 Å². The number of carbonyl (C=O) groups excluding carboxylic acids is 1. The van der Waals surface area contributed by atoms with Crippen molar-refractivity contribution < 1.29 is 13.2 Å². The molecule has 7 nitrogen and oxygen atoms in total. The molecule has 1 aromatic heterocycles. The molecule has 0 radical (unpaired) electrons. The molecule has 30 heavy (non-hydrogen) atoms. The average Bonchev–Trinajstić information content (AvgIpc) is 3.12. The molecule has 1 aliphatic heterocycles. The SMILES string of the molecule is CCCS(=O)(=O)N1CCCC(C(=O)Nc2nc3ccccc3n2-c2ccccc2)C1. The third-order valence-corrected chi connectivity index (χ3v) is 7.46. The minimum atomic E-state index is -3.31. The van der Waals surface area contributed by atoms with Crippen molar-refractivity contribution in [3.8, 4) is 5.69 Å². The summed E-state index contributed by atoms with van der Waals surface area (Å²) in [7, 11) is -3.31. The van der Waals surface area contributed by atoms with Gasteiger partial charge in [0.25, 0.3) is 0 Å². The maximum absolute atomic E-state index is 13.1. The van der Waals surface area contributed by atoms with Crippen LogP contribution in [0.5, 0.6) is 0 Å². The molecule has 2 heterocycles. The van der Waals surface area contributed by atoms with Crippen LogP contribution in [-0.2, 0) is 14.8 Å². The van der Waals surface area contributed by atoms with Crippen LogP contribution in [0.3, 0.4) is 0 Å². The molecule has 2 aromatic carbocycles. The third-order valence-electron chi connectivity index (χ3n) is 5.42. The van der Waals surface area contributed by atoms with Crippen molar-refractivity contribution in [3.05, 3.63) is 54.6 Å². The molecular weight excluding hydrogens is 400 g/mol. The number of rotatable bonds is 6. The second-order valence-electron chi connectivity index (χ2n) is 7.60. The van der Waals surface area contributed by atoms with Gasteiger partial charge in [0, 0.05) is 18.8 Å². The van der Waals surface area contributed by atoms with Gasteiger partial charge in [0.1, 0.15) is 0 Å². The Labute approximate surface area is 176 Å². The topological polar surface area (TPSA) is 84.3 Å². The van der Waals surface area contributed by atoms with E-state index in [2.05, 4.69) is 10.3 Å². The molecule has 1 amide bonds. The summed E-state index contributed by atoms with van der Waals surface area (Å²) in [4.78, 5) is 17.7. The van der Waals surface area contributed by atoms with E-state index < -0.39 is 15.9 Å². The number of sulfonamides is 1. The molecule has 1 saturated heterocycles. The zero-order valence-corrected chi connectivity index (χ0v) is 17.8. The predicted molar refractivity (Wildman–Crippen MR) is 118 cm³/mol. The monoisotopic (exact) mass is 426 g/mol. The zero-order chi connectivity index (χ0) is 21.1. The van der Waals surface area contributed by atoms with Gasteiger partial charge in [-0.3, -0.25) is 14.7 Å². The summed E-state index contributed by atoms with van der Waals surface area (Å²) in [5.74, 6) is -0.0280. The fraction of sp³-hybridized carbons (Fsp3) is 0.364. The molecule has 0 aliphatic carbocycles. The number of nitrogens with one attached hydrogen (secondary N) is 1. The molecule has 1 aliphatic rings. The van der Waals surface area contributed by atoms with E-state index in [1.165, 1.54) is 4.31 Å². The van der Waals surface area contributed by atoms with Gasteiger partial charge < -0.3 is 0 Å². The summed E-state index contributed by atoms with van der Waals surface area (Å²) in [5.41, 5.74) is 2.58. The van der Waals surface area contributed by atoms with E-state index >= 15 is 0 Å². The van der Waals surface area contributed by atoms with Crippen LogP contribution < -0.4 is 5.32 Å². The fourth-order valence-electron chi connectivity index (χ4n) is 3.96. The molecule has 0 bridgehead atoms. The number of hydrogen-bond donors (Lipinski definition) is 1. The molecule has 3 aromatic rings. The van der Waals surface area contributed by atoms with E-state index in [1.807, 2.05) is 66.1 Å². The Morgan fingerprint density at radius 3 is 2.63 bits per heavy atom. The standard InChI is InChI=1S/C22H26N4O3S/c1-2-15-30(28,29)25-14-8-9-17(16-25)21(27)24-22-23-19-12-6-7-13-20(19)26(22)18-10-4-3-5-11-18/h3-7,10-13,17H,2,8-9,14-16H2,1H3,(H,23,24,27). The molecule has 4 rings (SSSR count). The number of aromatic nitrogens is 2. The summed E-state index contributed by atoms with van der Waals surface area (Å²) in [6.07, 6.45) is 1.91. The number of carbonyl (C=O) groups is 1. The molecule has 158 valence electrons. The van der Waals surface area contributed by atoms with E-state index in [1.54, 1.807) is 0 Å². The van der Waals surface area contributed by atoms with Crippen molar-refractivity contribution in [2.24, 2.45) is 5.92 Å². The highest BCUT2D eigenvalue weighted by Crippen LogP contribution is 2.26. The number of fused-ring (bicyclic) bond motifs is 1. The number of hydrogen-bond acceptors (Lipinski definition) is 4. The van der Waals surface area contributed by atoms with E-state index in [-0.39, 0.29) is 18.2 Å². The molecule has 1 unspecified atom stereocenters. The molecule has 1 fully saturated rings. The van der Waals surface area contributed by atoms with E-state index in [0.29, 0.717) is 31.8 Å². The van der Waals surface area contributed by atoms with Crippen molar-refractivity contribution >= 4 is 32.9 Å². The van der Waals surface area contributed by atoms with Crippen LogP contribution in [0.4, 0.5) is 5.95 Å². The van der Waals surface area contributed by atoms with Crippen LogP contribution in [0.25, 0.3) is 16.7 Å². The minimum absolute atomic E-state index is 0.116. The van der Waals surface area contributed by atoms with Gasteiger partial charge in [-0.05, 0) is 43.5 Å². The summed E-state index contributed by atoms with van der Waals surface area (Å²) in [6, 6.07) is 17.5. The lowest BCUT2D eigenvalue weighted by molar-refractivity contribution is -0.120. The van der Waals surface area contributed by atoms with Gasteiger partial charge in [-0.1, -0.05) is 37.3 Å². The Hall–Kier alpha value is -2.71. The van der Waals surface area contributed by atoms with Crippen molar-refractivity contribution in [2.45, 2.75) is 26.2 Å². The second-order valence-corrected chi connectivity index (χ2v) is 9.69. The van der Waals surface area contributed by atoms with Crippen molar-refractivity contribution in [1.29, 1.82) is 0 Å². The number of amides is 1. The van der Waals surface area contributed by atoms with Crippen LogP contribution in [0, 0.1) is 5.92 Å². The normalized spacial score (nSPS) is 17.8. The maximum atomic E-state index is 13.1. The first-order valence-electron chi connectivity index (χ1n) is 10.3. The molecular formula is C22H26N4O3S. The number of piperidine rings is 1. The Bertz CT molecular complexity index is 1140. The molecule has 8 heteroatoms. The fourth-order valence-corrected chi connectivity index (χ4v) is 5.55. The summed E-state index contributed by atoms with van der Waals surface area (Å²) >= 11 is 0. The first kappa shape index (κ1) is 20.6. The van der Waals surface area contributed by atoms with Crippen LogP contribution in [0.1, 0.15) is 26.2 Å². The summed E-state index contributed by atoms with van der Waals surface area (Å²) in [6.45, 7) is 2.55. The zero-order valence-electron chi connectivity index (χ0n) is 17.0. The van der Waals surface area contributed by atoms with Gasteiger partial charge in [-0.2, -0.15) is 0 Å². The van der Waals surface area contributed by atoms with Gasteiger partial charge in [0.2, 0.25) is 21.9 Å². The van der Waals surface area contributed by atoms with Crippen LogP contribution >= 0.6 is 0 Å². The van der Waals surface area contributed by atoms with E-state index in [4.69, 9.17) is 0 Å². The predicted octanol–water partition coefficient (Wildman–Crippen LogP) is 3.42. The van der Waals surface area contributed by atoms with Gasteiger partial charge in [0.15, 0.2) is 0 Å². The van der Waals surface area contributed by atoms with Crippen molar-refractivity contribution in [3.63, 3.8) is 0 Å². The highest BCUT2D eigenvalue weighted by Gasteiger charge is 2.32. The molecule has 0 saturated carbocycles. The van der Waals surface area contributed by atoms with Crippen LogP contribution in [0.2, 0.25) is 0 Å². The Balaban J connectivity index is 1.61. The Morgan fingerprint density at radius 2 is 1.87 bits per heavy atom. The Kier molecular flexibility index (Phi) is 5.87. The molecule has 1 N–H and O–H groups in total. The smallest absolute Gasteiger partial charge is 0.231 e. The average molecular weight is 427 g/mol. The van der Waals surface area contributed by atoms with Crippen LogP contribution in [-0.4, -0.2) is 47.0 Å².